The SMILES string of the molecule is Cc1cc(C(=O)N2C[C@@H](c3ccccc3)[C@@H]3[C@H]2C2CCN3CC2)n[nH]1. The maximum Gasteiger partial charge on any atom is 0.274 e. The molecule has 4 fully saturated rings. The number of amides is 1. The van der Waals surface area contributed by atoms with Crippen LogP contribution in [-0.2, 0) is 0 Å². The molecule has 1 aromatic carbocycles. The van der Waals surface area contributed by atoms with Crippen molar-refractivity contribution in [3.05, 3.63) is 53.3 Å². The first-order chi connectivity index (χ1) is 12.2. The third kappa shape index (κ3) is 2.33. The van der Waals surface area contributed by atoms with Gasteiger partial charge in [0.05, 0.1) is 6.04 Å². The number of carbonyl (C=O) groups is 1. The highest BCUT2D eigenvalue weighted by atomic mass is 16.2. The van der Waals surface area contributed by atoms with Crippen molar-refractivity contribution in [1.82, 2.24) is 20.0 Å². The van der Waals surface area contributed by atoms with E-state index in [1.54, 1.807) is 0 Å². The van der Waals surface area contributed by atoms with E-state index in [4.69, 9.17) is 0 Å². The van der Waals surface area contributed by atoms with Crippen LogP contribution in [0.2, 0.25) is 0 Å². The molecular weight excluding hydrogens is 312 g/mol. The van der Waals surface area contributed by atoms with Gasteiger partial charge in [0.1, 0.15) is 5.69 Å². The highest BCUT2D eigenvalue weighted by molar-refractivity contribution is 5.93. The summed E-state index contributed by atoms with van der Waals surface area (Å²) in [6, 6.07) is 13.4. The normalized spacial score (nSPS) is 33.5. The number of likely N-dealkylation sites (tertiary alicyclic amines) is 1. The number of hydrogen-bond donors (Lipinski definition) is 1. The minimum absolute atomic E-state index is 0.0894. The molecule has 4 aliphatic heterocycles. The van der Waals surface area contributed by atoms with Gasteiger partial charge in [0.15, 0.2) is 0 Å². The number of aryl methyl sites for hydroxylation is 1. The summed E-state index contributed by atoms with van der Waals surface area (Å²) in [5.74, 6) is 1.12. The number of nitrogens with zero attached hydrogens (tertiary/aromatic N) is 3. The molecule has 2 bridgehead atoms. The van der Waals surface area contributed by atoms with E-state index in [-0.39, 0.29) is 5.91 Å². The van der Waals surface area contributed by atoms with Crippen LogP contribution >= 0.6 is 0 Å². The van der Waals surface area contributed by atoms with E-state index in [1.807, 2.05) is 13.0 Å². The molecule has 2 aromatic rings. The molecule has 1 amide bonds. The zero-order chi connectivity index (χ0) is 17.0. The number of rotatable bonds is 2. The Labute approximate surface area is 148 Å². The third-order valence-electron chi connectivity index (χ3n) is 6.41. The van der Waals surface area contributed by atoms with E-state index in [9.17, 15) is 4.79 Å². The van der Waals surface area contributed by atoms with Gasteiger partial charge in [0, 0.05) is 24.2 Å². The molecular formula is C20H24N4O. The largest absolute Gasteiger partial charge is 0.332 e. The zero-order valence-corrected chi connectivity index (χ0v) is 14.6. The molecule has 0 saturated carbocycles. The van der Waals surface area contributed by atoms with Gasteiger partial charge < -0.3 is 4.90 Å². The van der Waals surface area contributed by atoms with E-state index >= 15 is 0 Å². The molecule has 5 heteroatoms. The van der Waals surface area contributed by atoms with Crippen LogP contribution in [-0.4, -0.2) is 57.6 Å². The van der Waals surface area contributed by atoms with Gasteiger partial charge >= 0.3 is 0 Å². The van der Waals surface area contributed by atoms with Crippen LogP contribution in [0.4, 0.5) is 0 Å². The predicted octanol–water partition coefficient (Wildman–Crippen LogP) is 2.42. The quantitative estimate of drug-likeness (QED) is 0.916. The smallest absolute Gasteiger partial charge is 0.274 e. The number of nitrogens with one attached hydrogen (secondary N) is 1. The summed E-state index contributed by atoms with van der Waals surface area (Å²) in [6.07, 6.45) is 2.43. The van der Waals surface area contributed by atoms with Crippen LogP contribution in [0, 0.1) is 12.8 Å². The Morgan fingerprint density at radius 1 is 1.16 bits per heavy atom. The van der Waals surface area contributed by atoms with Crippen molar-refractivity contribution in [2.45, 2.75) is 37.8 Å². The molecule has 5 nitrogen and oxygen atoms in total. The number of benzene rings is 1. The van der Waals surface area contributed by atoms with E-state index in [0.29, 0.717) is 29.6 Å². The lowest BCUT2D eigenvalue weighted by Crippen LogP contribution is -2.60. The Kier molecular flexibility index (Phi) is 3.45. The van der Waals surface area contributed by atoms with Gasteiger partial charge in [-0.25, -0.2) is 0 Å². The monoisotopic (exact) mass is 336 g/mol. The van der Waals surface area contributed by atoms with Gasteiger partial charge in [-0.05, 0) is 50.4 Å². The molecule has 3 atom stereocenters. The topological polar surface area (TPSA) is 52.2 Å². The van der Waals surface area contributed by atoms with Gasteiger partial charge in [-0.1, -0.05) is 30.3 Å². The molecule has 4 saturated heterocycles. The summed E-state index contributed by atoms with van der Waals surface area (Å²) < 4.78 is 0. The molecule has 1 N–H and O–H groups in total. The third-order valence-corrected chi connectivity index (χ3v) is 6.41. The fourth-order valence-corrected chi connectivity index (χ4v) is 5.32. The minimum Gasteiger partial charge on any atom is -0.332 e. The molecule has 6 rings (SSSR count). The lowest BCUT2D eigenvalue weighted by Gasteiger charge is -2.51. The lowest BCUT2D eigenvalue weighted by atomic mass is 9.75. The molecule has 0 aliphatic carbocycles. The second-order valence-corrected chi connectivity index (χ2v) is 7.77. The van der Waals surface area contributed by atoms with Crippen LogP contribution in [0.1, 0.15) is 40.5 Å². The van der Waals surface area contributed by atoms with Crippen LogP contribution < -0.4 is 0 Å². The number of piperidine rings is 3. The highest BCUT2D eigenvalue weighted by Crippen LogP contribution is 2.46. The summed E-state index contributed by atoms with van der Waals surface area (Å²) in [5, 5.41) is 7.14. The molecule has 25 heavy (non-hydrogen) atoms. The minimum atomic E-state index is 0.0894. The lowest BCUT2D eigenvalue weighted by molar-refractivity contribution is -0.00358. The first-order valence-electron chi connectivity index (χ1n) is 9.34. The van der Waals surface area contributed by atoms with Gasteiger partial charge in [0.25, 0.3) is 5.91 Å². The Bertz CT molecular complexity index is 778. The number of fused-ring (bicyclic) bond motifs is 2. The average Bonchev–Trinajstić information content (AvgIpc) is 3.28. The number of H-pyrrole nitrogens is 1. The highest BCUT2D eigenvalue weighted by Gasteiger charge is 2.54. The summed E-state index contributed by atoms with van der Waals surface area (Å²) in [7, 11) is 0. The summed E-state index contributed by atoms with van der Waals surface area (Å²) in [5.41, 5.74) is 2.85. The van der Waals surface area contributed by atoms with Gasteiger partial charge in [-0.3, -0.25) is 14.8 Å². The number of hydrogen-bond acceptors (Lipinski definition) is 3. The van der Waals surface area contributed by atoms with Gasteiger partial charge in [-0.15, -0.1) is 0 Å². The van der Waals surface area contributed by atoms with Crippen LogP contribution in [0.25, 0.3) is 0 Å². The van der Waals surface area contributed by atoms with Crippen molar-refractivity contribution in [3.63, 3.8) is 0 Å². The molecule has 1 aromatic heterocycles. The van der Waals surface area contributed by atoms with Crippen molar-refractivity contribution in [1.29, 1.82) is 0 Å². The Morgan fingerprint density at radius 3 is 2.60 bits per heavy atom. The fraction of sp³-hybridized carbons (Fsp3) is 0.500. The van der Waals surface area contributed by atoms with Crippen LogP contribution in [0.15, 0.2) is 36.4 Å². The Morgan fingerprint density at radius 2 is 1.92 bits per heavy atom. The van der Waals surface area contributed by atoms with Crippen molar-refractivity contribution in [2.24, 2.45) is 5.92 Å². The molecule has 5 heterocycles. The van der Waals surface area contributed by atoms with E-state index in [2.05, 4.69) is 50.3 Å². The second-order valence-electron chi connectivity index (χ2n) is 7.77. The fourth-order valence-electron chi connectivity index (χ4n) is 5.32. The van der Waals surface area contributed by atoms with Crippen molar-refractivity contribution >= 4 is 5.91 Å². The molecule has 4 aliphatic rings. The standard InChI is InChI=1S/C20H24N4O/c1-13-11-17(22-21-13)20(25)24-12-16(14-5-3-2-4-6-14)19-18(24)15-7-9-23(19)10-8-15/h2-6,11,15-16,18-19H,7-10,12H2,1H3,(H,21,22)/t16-,18+,19+/m0/s1. The number of aromatic nitrogens is 2. The molecule has 130 valence electrons. The Hall–Kier alpha value is -2.14. The molecule has 0 radical (unpaired) electrons. The van der Waals surface area contributed by atoms with Gasteiger partial charge in [-0.2, -0.15) is 5.10 Å². The van der Waals surface area contributed by atoms with Crippen LogP contribution in [0.5, 0.6) is 0 Å². The zero-order valence-electron chi connectivity index (χ0n) is 14.6. The number of aromatic amines is 1. The molecule has 0 spiro atoms. The summed E-state index contributed by atoms with van der Waals surface area (Å²) in [6.45, 7) is 5.10. The van der Waals surface area contributed by atoms with Crippen molar-refractivity contribution in [2.75, 3.05) is 19.6 Å². The molecule has 0 unspecified atom stereocenters. The van der Waals surface area contributed by atoms with E-state index in [0.717, 1.165) is 12.2 Å². The van der Waals surface area contributed by atoms with Crippen LogP contribution in [0.3, 0.4) is 0 Å². The number of carbonyl (C=O) groups excluding carboxylic acids is 1. The average molecular weight is 336 g/mol. The first kappa shape index (κ1) is 15.1. The maximum absolute atomic E-state index is 13.2. The summed E-state index contributed by atoms with van der Waals surface area (Å²) >= 11 is 0. The van der Waals surface area contributed by atoms with Gasteiger partial charge in [0.2, 0.25) is 0 Å². The second kappa shape index (κ2) is 5.70. The van der Waals surface area contributed by atoms with Crippen molar-refractivity contribution in [3.8, 4) is 0 Å². The predicted molar refractivity (Wildman–Crippen MR) is 95.4 cm³/mol. The van der Waals surface area contributed by atoms with E-state index < -0.39 is 0 Å². The van der Waals surface area contributed by atoms with Crippen molar-refractivity contribution < 1.29 is 4.79 Å². The first-order valence-corrected chi connectivity index (χ1v) is 9.34. The Balaban J connectivity index is 1.53. The summed E-state index contributed by atoms with van der Waals surface area (Å²) in [4.78, 5) is 18.0. The van der Waals surface area contributed by atoms with E-state index in [1.165, 1.54) is 31.5 Å². The maximum atomic E-state index is 13.2.